The molecule has 0 unspecified atom stereocenters. The lowest BCUT2D eigenvalue weighted by Gasteiger charge is -2.31. The fraction of sp³-hybridized carbons (Fsp3) is 0.643. The molecule has 0 saturated carbocycles. The van der Waals surface area contributed by atoms with Crippen LogP contribution in [0.25, 0.3) is 0 Å². The van der Waals surface area contributed by atoms with Gasteiger partial charge in [-0.3, -0.25) is 4.79 Å². The van der Waals surface area contributed by atoms with Crippen LogP contribution in [-0.4, -0.2) is 53.2 Å². The Morgan fingerprint density at radius 1 is 1.30 bits per heavy atom. The molecule has 2 N–H and O–H groups in total. The number of amides is 1. The van der Waals surface area contributed by atoms with Crippen LogP contribution in [0.5, 0.6) is 0 Å². The lowest BCUT2D eigenvalue weighted by molar-refractivity contribution is 0.0950. The monoisotopic (exact) mass is 277 g/mol. The SMILES string of the molecule is CCNC(=O)c1ccc(NC2CCN(CC)CC2)nn1. The minimum absolute atomic E-state index is 0.178. The summed E-state index contributed by atoms with van der Waals surface area (Å²) in [5.74, 6) is 0.566. The van der Waals surface area contributed by atoms with Crippen molar-refractivity contribution in [2.75, 3.05) is 31.5 Å². The molecule has 1 aliphatic heterocycles. The number of anilines is 1. The standard InChI is InChI=1S/C14H23N5O/c1-3-15-14(20)12-5-6-13(18-17-12)16-11-7-9-19(4-2)10-8-11/h5-6,11H,3-4,7-10H2,1-2H3,(H,15,20)(H,16,18). The Hall–Kier alpha value is -1.69. The van der Waals surface area contributed by atoms with E-state index in [1.165, 1.54) is 0 Å². The topological polar surface area (TPSA) is 70.2 Å². The number of piperidine rings is 1. The quantitative estimate of drug-likeness (QED) is 0.844. The van der Waals surface area contributed by atoms with Crippen molar-refractivity contribution in [3.05, 3.63) is 17.8 Å². The molecule has 0 aromatic carbocycles. The smallest absolute Gasteiger partial charge is 0.271 e. The molecule has 0 atom stereocenters. The zero-order valence-electron chi connectivity index (χ0n) is 12.2. The van der Waals surface area contributed by atoms with Gasteiger partial charge in [0, 0.05) is 25.7 Å². The van der Waals surface area contributed by atoms with Gasteiger partial charge in [0.15, 0.2) is 5.69 Å². The Balaban J connectivity index is 1.86. The van der Waals surface area contributed by atoms with Crippen LogP contribution < -0.4 is 10.6 Å². The Kier molecular flexibility index (Phi) is 5.29. The van der Waals surface area contributed by atoms with E-state index in [0.29, 0.717) is 18.3 Å². The highest BCUT2D eigenvalue weighted by molar-refractivity contribution is 5.92. The highest BCUT2D eigenvalue weighted by Gasteiger charge is 2.18. The van der Waals surface area contributed by atoms with E-state index in [9.17, 15) is 4.79 Å². The first-order valence-corrected chi connectivity index (χ1v) is 7.33. The summed E-state index contributed by atoms with van der Waals surface area (Å²) < 4.78 is 0. The van der Waals surface area contributed by atoms with Crippen molar-refractivity contribution in [1.29, 1.82) is 0 Å². The molecule has 0 bridgehead atoms. The van der Waals surface area contributed by atoms with Crippen molar-refractivity contribution in [3.8, 4) is 0 Å². The van der Waals surface area contributed by atoms with Crippen molar-refractivity contribution in [3.63, 3.8) is 0 Å². The van der Waals surface area contributed by atoms with E-state index in [2.05, 4.69) is 32.7 Å². The molecule has 1 amide bonds. The number of hydrogen-bond donors (Lipinski definition) is 2. The van der Waals surface area contributed by atoms with Crippen molar-refractivity contribution in [2.24, 2.45) is 0 Å². The fourth-order valence-electron chi connectivity index (χ4n) is 2.38. The number of carbonyl (C=O) groups excluding carboxylic acids is 1. The van der Waals surface area contributed by atoms with Gasteiger partial charge in [0.25, 0.3) is 5.91 Å². The molecular weight excluding hydrogens is 254 g/mol. The van der Waals surface area contributed by atoms with Gasteiger partial charge in [-0.25, -0.2) is 0 Å². The third-order valence-electron chi connectivity index (χ3n) is 3.62. The summed E-state index contributed by atoms with van der Waals surface area (Å²) in [4.78, 5) is 14.0. The first kappa shape index (κ1) is 14.7. The number of carbonyl (C=O) groups is 1. The number of likely N-dealkylation sites (tertiary alicyclic amines) is 1. The third kappa shape index (κ3) is 3.90. The second-order valence-corrected chi connectivity index (χ2v) is 5.02. The summed E-state index contributed by atoms with van der Waals surface area (Å²) >= 11 is 0. The van der Waals surface area contributed by atoms with Gasteiger partial charge in [-0.1, -0.05) is 6.92 Å². The van der Waals surface area contributed by atoms with Gasteiger partial charge in [-0.15, -0.1) is 10.2 Å². The normalized spacial score (nSPS) is 16.9. The van der Waals surface area contributed by atoms with Gasteiger partial charge in [-0.05, 0) is 38.4 Å². The maximum Gasteiger partial charge on any atom is 0.271 e. The average molecular weight is 277 g/mol. The van der Waals surface area contributed by atoms with E-state index >= 15 is 0 Å². The Morgan fingerprint density at radius 3 is 2.60 bits per heavy atom. The van der Waals surface area contributed by atoms with Crippen LogP contribution in [0.4, 0.5) is 5.82 Å². The maximum atomic E-state index is 11.6. The number of rotatable bonds is 5. The summed E-state index contributed by atoms with van der Waals surface area (Å²) in [6.07, 6.45) is 2.24. The first-order chi connectivity index (χ1) is 9.72. The van der Waals surface area contributed by atoms with Crippen LogP contribution in [-0.2, 0) is 0 Å². The highest BCUT2D eigenvalue weighted by atomic mass is 16.1. The molecule has 6 nitrogen and oxygen atoms in total. The molecule has 20 heavy (non-hydrogen) atoms. The number of aromatic nitrogens is 2. The zero-order valence-corrected chi connectivity index (χ0v) is 12.2. The Morgan fingerprint density at radius 2 is 2.05 bits per heavy atom. The van der Waals surface area contributed by atoms with Crippen LogP contribution in [0, 0.1) is 0 Å². The molecule has 110 valence electrons. The Labute approximate surface area is 120 Å². The molecular formula is C14H23N5O. The van der Waals surface area contributed by atoms with E-state index in [1.807, 2.05) is 13.0 Å². The van der Waals surface area contributed by atoms with Crippen molar-refractivity contribution < 1.29 is 4.79 Å². The van der Waals surface area contributed by atoms with Gasteiger partial charge in [0.1, 0.15) is 5.82 Å². The lowest BCUT2D eigenvalue weighted by Crippen LogP contribution is -2.39. The molecule has 1 saturated heterocycles. The molecule has 6 heteroatoms. The van der Waals surface area contributed by atoms with Crippen molar-refractivity contribution in [2.45, 2.75) is 32.7 Å². The van der Waals surface area contributed by atoms with Crippen LogP contribution >= 0.6 is 0 Å². The van der Waals surface area contributed by atoms with Gasteiger partial charge < -0.3 is 15.5 Å². The maximum absolute atomic E-state index is 11.6. The van der Waals surface area contributed by atoms with Crippen LogP contribution in [0.1, 0.15) is 37.2 Å². The molecule has 2 heterocycles. The molecule has 1 aromatic heterocycles. The van der Waals surface area contributed by atoms with Crippen molar-refractivity contribution >= 4 is 11.7 Å². The molecule has 1 aromatic rings. The summed E-state index contributed by atoms with van der Waals surface area (Å²) in [5.41, 5.74) is 0.359. The molecule has 1 fully saturated rings. The first-order valence-electron chi connectivity index (χ1n) is 7.33. The van der Waals surface area contributed by atoms with Crippen LogP contribution in [0.3, 0.4) is 0 Å². The van der Waals surface area contributed by atoms with E-state index in [1.54, 1.807) is 6.07 Å². The number of nitrogens with one attached hydrogen (secondary N) is 2. The number of nitrogens with zero attached hydrogens (tertiary/aromatic N) is 3. The fourth-order valence-corrected chi connectivity index (χ4v) is 2.38. The van der Waals surface area contributed by atoms with Gasteiger partial charge in [-0.2, -0.15) is 0 Å². The minimum atomic E-state index is -0.178. The molecule has 1 aliphatic rings. The second kappa shape index (κ2) is 7.19. The minimum Gasteiger partial charge on any atom is -0.366 e. The third-order valence-corrected chi connectivity index (χ3v) is 3.62. The largest absolute Gasteiger partial charge is 0.366 e. The lowest BCUT2D eigenvalue weighted by atomic mass is 10.1. The van der Waals surface area contributed by atoms with E-state index in [-0.39, 0.29) is 5.91 Å². The number of hydrogen-bond acceptors (Lipinski definition) is 5. The van der Waals surface area contributed by atoms with Crippen LogP contribution in [0.2, 0.25) is 0 Å². The second-order valence-electron chi connectivity index (χ2n) is 5.02. The molecule has 0 radical (unpaired) electrons. The van der Waals surface area contributed by atoms with Crippen molar-refractivity contribution in [1.82, 2.24) is 20.4 Å². The molecule has 0 spiro atoms. The van der Waals surface area contributed by atoms with E-state index in [4.69, 9.17) is 0 Å². The predicted octanol–water partition coefficient (Wildman–Crippen LogP) is 1.12. The van der Waals surface area contributed by atoms with E-state index < -0.39 is 0 Å². The molecule has 0 aliphatic carbocycles. The highest BCUT2D eigenvalue weighted by Crippen LogP contribution is 2.14. The van der Waals surface area contributed by atoms with Gasteiger partial charge in [0.2, 0.25) is 0 Å². The van der Waals surface area contributed by atoms with Crippen LogP contribution in [0.15, 0.2) is 12.1 Å². The summed E-state index contributed by atoms with van der Waals surface area (Å²) in [5, 5.41) is 14.1. The predicted molar refractivity (Wildman–Crippen MR) is 78.8 cm³/mol. The Bertz CT molecular complexity index is 426. The summed E-state index contributed by atoms with van der Waals surface area (Å²) in [6.45, 7) is 8.03. The summed E-state index contributed by atoms with van der Waals surface area (Å²) in [6, 6.07) is 3.98. The summed E-state index contributed by atoms with van der Waals surface area (Å²) in [7, 11) is 0. The zero-order chi connectivity index (χ0) is 14.4. The average Bonchev–Trinajstić information content (AvgIpc) is 2.49. The van der Waals surface area contributed by atoms with E-state index in [0.717, 1.165) is 38.3 Å². The molecule has 2 rings (SSSR count). The van der Waals surface area contributed by atoms with Gasteiger partial charge >= 0.3 is 0 Å². The van der Waals surface area contributed by atoms with Gasteiger partial charge in [0.05, 0.1) is 0 Å².